The Morgan fingerprint density at radius 2 is 1.86 bits per heavy atom. The van der Waals surface area contributed by atoms with Gasteiger partial charge in [0.15, 0.2) is 0 Å². The van der Waals surface area contributed by atoms with Gasteiger partial charge in [-0.05, 0) is 44.5 Å². The highest BCUT2D eigenvalue weighted by atomic mass is 16.2. The van der Waals surface area contributed by atoms with Crippen LogP contribution in [-0.2, 0) is 9.59 Å². The van der Waals surface area contributed by atoms with Crippen molar-refractivity contribution in [3.05, 3.63) is 35.9 Å². The molecule has 0 aliphatic carbocycles. The first-order chi connectivity index (χ1) is 10.7. The number of rotatable bonds is 7. The van der Waals surface area contributed by atoms with Crippen LogP contribution in [0.3, 0.4) is 0 Å². The van der Waals surface area contributed by atoms with E-state index in [0.29, 0.717) is 6.42 Å². The van der Waals surface area contributed by atoms with Crippen LogP contribution in [0.5, 0.6) is 0 Å². The molecule has 1 aliphatic heterocycles. The molecule has 0 saturated carbocycles. The molecule has 1 fully saturated rings. The van der Waals surface area contributed by atoms with Gasteiger partial charge in [-0.2, -0.15) is 0 Å². The number of amides is 2. The van der Waals surface area contributed by atoms with E-state index in [0.717, 1.165) is 31.6 Å². The van der Waals surface area contributed by atoms with Gasteiger partial charge < -0.3 is 15.5 Å². The Hall–Kier alpha value is -1.88. The maximum absolute atomic E-state index is 12.1. The third-order valence-electron chi connectivity index (χ3n) is 4.02. The Morgan fingerprint density at radius 1 is 1.18 bits per heavy atom. The van der Waals surface area contributed by atoms with Gasteiger partial charge in [-0.25, -0.2) is 0 Å². The van der Waals surface area contributed by atoms with Gasteiger partial charge >= 0.3 is 0 Å². The van der Waals surface area contributed by atoms with Crippen molar-refractivity contribution in [3.8, 4) is 0 Å². The summed E-state index contributed by atoms with van der Waals surface area (Å²) in [6.45, 7) is 3.25. The zero-order valence-corrected chi connectivity index (χ0v) is 13.2. The van der Waals surface area contributed by atoms with Crippen molar-refractivity contribution >= 4 is 11.8 Å². The Kier molecular flexibility index (Phi) is 6.40. The molecule has 5 nitrogen and oxygen atoms in total. The lowest BCUT2D eigenvalue weighted by Gasteiger charge is -2.18. The smallest absolute Gasteiger partial charge is 0.246 e. The third kappa shape index (κ3) is 4.84. The second-order valence-electron chi connectivity index (χ2n) is 5.68. The maximum atomic E-state index is 12.1. The zero-order chi connectivity index (χ0) is 15.8. The van der Waals surface area contributed by atoms with E-state index in [4.69, 9.17) is 0 Å². The van der Waals surface area contributed by atoms with Crippen molar-refractivity contribution in [2.45, 2.75) is 31.7 Å². The molecule has 1 aliphatic rings. The van der Waals surface area contributed by atoms with E-state index in [1.807, 2.05) is 30.3 Å². The van der Waals surface area contributed by atoms with Gasteiger partial charge in [0, 0.05) is 13.5 Å². The summed E-state index contributed by atoms with van der Waals surface area (Å²) in [6, 6.07) is 8.71. The lowest BCUT2D eigenvalue weighted by Crippen LogP contribution is -2.39. The Morgan fingerprint density at radius 3 is 2.50 bits per heavy atom. The van der Waals surface area contributed by atoms with Crippen LogP contribution < -0.4 is 10.6 Å². The van der Waals surface area contributed by atoms with E-state index >= 15 is 0 Å². The molecular weight excluding hydrogens is 278 g/mol. The average Bonchev–Trinajstić information content (AvgIpc) is 3.06. The van der Waals surface area contributed by atoms with Crippen molar-refractivity contribution in [1.29, 1.82) is 0 Å². The predicted molar refractivity (Wildman–Crippen MR) is 86.3 cm³/mol. The zero-order valence-electron chi connectivity index (χ0n) is 13.2. The van der Waals surface area contributed by atoms with Crippen LogP contribution in [0.2, 0.25) is 0 Å². The Balaban J connectivity index is 1.84. The summed E-state index contributed by atoms with van der Waals surface area (Å²) >= 11 is 0. The lowest BCUT2D eigenvalue weighted by atomic mass is 10.1. The van der Waals surface area contributed by atoms with Crippen molar-refractivity contribution in [2.24, 2.45) is 0 Å². The number of hydrogen-bond donors (Lipinski definition) is 2. The van der Waals surface area contributed by atoms with Crippen molar-refractivity contribution < 1.29 is 9.59 Å². The van der Waals surface area contributed by atoms with Gasteiger partial charge in [-0.3, -0.25) is 9.59 Å². The molecule has 0 bridgehead atoms. The van der Waals surface area contributed by atoms with Crippen LogP contribution in [0.4, 0.5) is 0 Å². The van der Waals surface area contributed by atoms with Crippen LogP contribution in [0, 0.1) is 0 Å². The third-order valence-corrected chi connectivity index (χ3v) is 4.02. The van der Waals surface area contributed by atoms with Crippen LogP contribution >= 0.6 is 0 Å². The van der Waals surface area contributed by atoms with Gasteiger partial charge in [0.05, 0.1) is 0 Å². The molecule has 1 aromatic carbocycles. The van der Waals surface area contributed by atoms with Gasteiger partial charge in [-0.1, -0.05) is 30.3 Å². The number of carbonyl (C=O) groups is 2. The predicted octanol–water partition coefficient (Wildman–Crippen LogP) is 1.47. The molecule has 5 heteroatoms. The minimum absolute atomic E-state index is 0.0725. The molecule has 2 amide bonds. The molecule has 1 atom stereocenters. The van der Waals surface area contributed by atoms with Gasteiger partial charge in [0.25, 0.3) is 0 Å². The Labute approximate surface area is 132 Å². The number of likely N-dealkylation sites (N-methyl/N-ethyl adjacent to an activating group) is 1. The van der Waals surface area contributed by atoms with E-state index < -0.39 is 6.04 Å². The summed E-state index contributed by atoms with van der Waals surface area (Å²) in [7, 11) is 1.58. The highest BCUT2D eigenvalue weighted by Crippen LogP contribution is 2.13. The van der Waals surface area contributed by atoms with Crippen molar-refractivity contribution in [2.75, 3.05) is 26.7 Å². The summed E-state index contributed by atoms with van der Waals surface area (Å²) in [4.78, 5) is 26.5. The molecule has 2 rings (SSSR count). The first-order valence-corrected chi connectivity index (χ1v) is 7.99. The highest BCUT2D eigenvalue weighted by molar-refractivity contribution is 5.88. The van der Waals surface area contributed by atoms with Gasteiger partial charge in [0.2, 0.25) is 11.8 Å². The Bertz CT molecular complexity index is 484. The van der Waals surface area contributed by atoms with Gasteiger partial charge in [0.1, 0.15) is 6.04 Å². The number of likely N-dealkylation sites (tertiary alicyclic amines) is 1. The van der Waals surface area contributed by atoms with Crippen LogP contribution in [0.15, 0.2) is 30.3 Å². The molecule has 22 heavy (non-hydrogen) atoms. The molecule has 0 spiro atoms. The standard InChI is InChI=1S/C17H25N3O2/c1-18-17(22)16(14-8-3-2-4-9-14)19-15(21)10-7-13-20-11-5-6-12-20/h2-4,8-9,16H,5-7,10-13H2,1H3,(H,18,22)(H,19,21)/t16-/m0/s1. The molecule has 0 aromatic heterocycles. The minimum atomic E-state index is -0.620. The van der Waals surface area contributed by atoms with Crippen LogP contribution in [0.1, 0.15) is 37.3 Å². The number of benzene rings is 1. The van der Waals surface area contributed by atoms with E-state index in [2.05, 4.69) is 15.5 Å². The molecule has 120 valence electrons. The fourth-order valence-corrected chi connectivity index (χ4v) is 2.79. The summed E-state index contributed by atoms with van der Waals surface area (Å²) in [5, 5.41) is 5.45. The SMILES string of the molecule is CNC(=O)[C@@H](NC(=O)CCCN1CCCC1)c1ccccc1. The average molecular weight is 303 g/mol. The van der Waals surface area contributed by atoms with Crippen LogP contribution in [-0.4, -0.2) is 43.4 Å². The summed E-state index contributed by atoms with van der Waals surface area (Å²) in [5.74, 6) is -0.268. The summed E-state index contributed by atoms with van der Waals surface area (Å²) in [6.07, 6.45) is 3.82. The molecule has 1 aromatic rings. The van der Waals surface area contributed by atoms with E-state index in [-0.39, 0.29) is 11.8 Å². The van der Waals surface area contributed by atoms with Crippen molar-refractivity contribution in [3.63, 3.8) is 0 Å². The number of carbonyl (C=O) groups excluding carboxylic acids is 2. The molecule has 1 saturated heterocycles. The summed E-state index contributed by atoms with van der Waals surface area (Å²) in [5.41, 5.74) is 0.801. The molecule has 2 N–H and O–H groups in total. The van der Waals surface area contributed by atoms with Gasteiger partial charge in [-0.15, -0.1) is 0 Å². The number of hydrogen-bond acceptors (Lipinski definition) is 3. The quantitative estimate of drug-likeness (QED) is 0.802. The van der Waals surface area contributed by atoms with E-state index in [1.54, 1.807) is 7.05 Å². The maximum Gasteiger partial charge on any atom is 0.246 e. The monoisotopic (exact) mass is 303 g/mol. The summed E-state index contributed by atoms with van der Waals surface area (Å²) < 4.78 is 0. The molecular formula is C17H25N3O2. The first-order valence-electron chi connectivity index (χ1n) is 7.99. The molecule has 1 heterocycles. The second-order valence-corrected chi connectivity index (χ2v) is 5.68. The fraction of sp³-hybridized carbons (Fsp3) is 0.529. The number of nitrogens with one attached hydrogen (secondary N) is 2. The van der Waals surface area contributed by atoms with Crippen molar-refractivity contribution in [1.82, 2.24) is 15.5 Å². The molecule has 0 radical (unpaired) electrons. The fourth-order valence-electron chi connectivity index (χ4n) is 2.79. The topological polar surface area (TPSA) is 61.4 Å². The normalized spacial score (nSPS) is 16.2. The largest absolute Gasteiger partial charge is 0.357 e. The minimum Gasteiger partial charge on any atom is -0.357 e. The highest BCUT2D eigenvalue weighted by Gasteiger charge is 2.21. The van der Waals surface area contributed by atoms with E-state index in [1.165, 1.54) is 12.8 Å². The second kappa shape index (κ2) is 8.54. The number of nitrogens with zero attached hydrogens (tertiary/aromatic N) is 1. The van der Waals surface area contributed by atoms with E-state index in [9.17, 15) is 9.59 Å². The molecule has 0 unspecified atom stereocenters. The van der Waals surface area contributed by atoms with Crippen LogP contribution in [0.25, 0.3) is 0 Å². The lowest BCUT2D eigenvalue weighted by molar-refractivity contribution is -0.129. The first kappa shape index (κ1) is 16.5.